The fourth-order valence-corrected chi connectivity index (χ4v) is 3.06. The standard InChI is InChI=1S/C17H19F5N4S.HI/c1-10(11-3-4-12(18)13(19)7-11)8-25-16(23-2)24-6-5-15-26-14(9-27-15)17(20,21)22;/h3-4,7,9-10H,5-6,8H2,1-2H3,(H2,23,24,25);1H. The highest BCUT2D eigenvalue weighted by Crippen LogP contribution is 2.30. The van der Waals surface area contributed by atoms with Crippen molar-refractivity contribution < 1.29 is 22.0 Å². The number of rotatable bonds is 6. The van der Waals surface area contributed by atoms with Gasteiger partial charge in [0.15, 0.2) is 23.3 Å². The second-order valence-corrected chi connectivity index (χ2v) is 6.77. The number of benzene rings is 1. The zero-order valence-electron chi connectivity index (χ0n) is 15.1. The van der Waals surface area contributed by atoms with E-state index in [1.165, 1.54) is 6.07 Å². The Hall–Kier alpha value is -1.50. The van der Waals surface area contributed by atoms with Crippen LogP contribution in [0.15, 0.2) is 28.6 Å². The lowest BCUT2D eigenvalue weighted by Gasteiger charge is -2.16. The number of hydrogen-bond donors (Lipinski definition) is 2. The van der Waals surface area contributed by atoms with Gasteiger partial charge >= 0.3 is 6.18 Å². The Balaban J connectivity index is 0.00000392. The minimum atomic E-state index is -4.43. The maximum atomic E-state index is 13.3. The molecular weight excluding hydrogens is 514 g/mol. The van der Waals surface area contributed by atoms with Crippen molar-refractivity contribution in [2.45, 2.75) is 25.4 Å². The summed E-state index contributed by atoms with van der Waals surface area (Å²) in [6, 6.07) is 3.75. The highest BCUT2D eigenvalue weighted by molar-refractivity contribution is 14.0. The van der Waals surface area contributed by atoms with Crippen molar-refractivity contribution in [3.05, 3.63) is 51.5 Å². The summed E-state index contributed by atoms with van der Waals surface area (Å²) in [5.41, 5.74) is -0.246. The molecule has 0 aliphatic heterocycles. The first-order valence-corrected chi connectivity index (χ1v) is 8.99. The number of thiazole rings is 1. The van der Waals surface area contributed by atoms with E-state index in [1.807, 2.05) is 6.92 Å². The molecule has 1 heterocycles. The molecule has 1 aromatic heterocycles. The molecule has 0 aliphatic rings. The summed E-state index contributed by atoms with van der Waals surface area (Å²) in [5.74, 6) is -1.44. The third-order valence-electron chi connectivity index (χ3n) is 3.79. The Morgan fingerprint density at radius 1 is 1.21 bits per heavy atom. The number of nitrogens with one attached hydrogen (secondary N) is 2. The summed E-state index contributed by atoms with van der Waals surface area (Å²) in [7, 11) is 1.56. The monoisotopic (exact) mass is 534 g/mol. The van der Waals surface area contributed by atoms with E-state index in [0.29, 0.717) is 36.0 Å². The fourth-order valence-electron chi connectivity index (χ4n) is 2.25. The molecule has 0 aliphatic carbocycles. The van der Waals surface area contributed by atoms with Crippen LogP contribution < -0.4 is 10.6 Å². The lowest BCUT2D eigenvalue weighted by molar-refractivity contribution is -0.140. The summed E-state index contributed by atoms with van der Waals surface area (Å²) in [6.07, 6.45) is -4.12. The van der Waals surface area contributed by atoms with Gasteiger partial charge in [-0.1, -0.05) is 13.0 Å². The minimum Gasteiger partial charge on any atom is -0.356 e. The largest absolute Gasteiger partial charge is 0.434 e. The van der Waals surface area contributed by atoms with Gasteiger partial charge in [-0.05, 0) is 23.6 Å². The molecule has 0 bridgehead atoms. The molecule has 0 amide bonds. The van der Waals surface area contributed by atoms with Crippen molar-refractivity contribution in [3.63, 3.8) is 0 Å². The van der Waals surface area contributed by atoms with Crippen molar-refractivity contribution >= 4 is 41.3 Å². The van der Waals surface area contributed by atoms with Gasteiger partial charge in [0.05, 0.1) is 5.01 Å². The molecule has 2 aromatic rings. The molecule has 11 heteroatoms. The fraction of sp³-hybridized carbons (Fsp3) is 0.412. The first kappa shape index (κ1) is 24.5. The van der Waals surface area contributed by atoms with E-state index >= 15 is 0 Å². The van der Waals surface area contributed by atoms with Crippen molar-refractivity contribution in [2.75, 3.05) is 20.1 Å². The van der Waals surface area contributed by atoms with Gasteiger partial charge in [-0.3, -0.25) is 4.99 Å². The average Bonchev–Trinajstić information content (AvgIpc) is 3.09. The zero-order chi connectivity index (χ0) is 20.0. The Kier molecular flexibility index (Phi) is 9.54. The minimum absolute atomic E-state index is 0. The predicted octanol–water partition coefficient (Wildman–Crippen LogP) is 4.57. The van der Waals surface area contributed by atoms with E-state index < -0.39 is 23.5 Å². The molecule has 1 aromatic carbocycles. The van der Waals surface area contributed by atoms with E-state index in [1.54, 1.807) is 7.05 Å². The van der Waals surface area contributed by atoms with Crippen LogP contribution in [0.3, 0.4) is 0 Å². The van der Waals surface area contributed by atoms with Crippen LogP contribution in [0.5, 0.6) is 0 Å². The third-order valence-corrected chi connectivity index (χ3v) is 4.69. The Bertz CT molecular complexity index is 794. The lowest BCUT2D eigenvalue weighted by Crippen LogP contribution is -2.39. The molecule has 4 nitrogen and oxygen atoms in total. The summed E-state index contributed by atoms with van der Waals surface area (Å²) < 4.78 is 63.9. The van der Waals surface area contributed by atoms with Crippen LogP contribution in [0.25, 0.3) is 0 Å². The molecule has 0 radical (unpaired) electrons. The summed E-state index contributed by atoms with van der Waals surface area (Å²) in [6.45, 7) is 2.62. The Morgan fingerprint density at radius 2 is 1.93 bits per heavy atom. The van der Waals surface area contributed by atoms with Crippen LogP contribution in [0.2, 0.25) is 0 Å². The highest BCUT2D eigenvalue weighted by atomic mass is 127. The van der Waals surface area contributed by atoms with Crippen molar-refractivity contribution in [2.24, 2.45) is 4.99 Å². The number of aromatic nitrogens is 1. The molecule has 0 saturated heterocycles. The van der Waals surface area contributed by atoms with Gasteiger partial charge in [-0.25, -0.2) is 13.8 Å². The molecule has 28 heavy (non-hydrogen) atoms. The van der Waals surface area contributed by atoms with Gasteiger partial charge in [0.25, 0.3) is 0 Å². The molecule has 0 spiro atoms. The number of alkyl halides is 3. The molecule has 0 saturated carbocycles. The normalized spacial score (nSPS) is 13.0. The molecule has 156 valence electrons. The second-order valence-electron chi connectivity index (χ2n) is 5.83. The molecular formula is C17H20F5IN4S. The van der Waals surface area contributed by atoms with Gasteiger partial charge in [-0.15, -0.1) is 35.3 Å². The Labute approximate surface area is 180 Å². The zero-order valence-corrected chi connectivity index (χ0v) is 18.3. The van der Waals surface area contributed by atoms with E-state index in [9.17, 15) is 22.0 Å². The van der Waals surface area contributed by atoms with Crippen LogP contribution in [-0.2, 0) is 12.6 Å². The van der Waals surface area contributed by atoms with Crippen LogP contribution in [0.4, 0.5) is 22.0 Å². The third kappa shape index (κ3) is 7.15. The van der Waals surface area contributed by atoms with Gasteiger partial charge < -0.3 is 10.6 Å². The van der Waals surface area contributed by atoms with E-state index in [-0.39, 0.29) is 29.9 Å². The summed E-state index contributed by atoms with van der Waals surface area (Å²) in [5, 5.41) is 7.39. The maximum Gasteiger partial charge on any atom is 0.434 e. The van der Waals surface area contributed by atoms with Gasteiger partial charge in [0.2, 0.25) is 0 Å². The molecule has 1 atom stereocenters. The molecule has 2 rings (SSSR count). The van der Waals surface area contributed by atoms with E-state index in [0.717, 1.165) is 28.8 Å². The van der Waals surface area contributed by atoms with Crippen LogP contribution >= 0.6 is 35.3 Å². The highest BCUT2D eigenvalue weighted by Gasteiger charge is 2.33. The first-order valence-electron chi connectivity index (χ1n) is 8.11. The van der Waals surface area contributed by atoms with Gasteiger partial charge in [-0.2, -0.15) is 13.2 Å². The lowest BCUT2D eigenvalue weighted by atomic mass is 10.0. The number of aliphatic imine (C=N–C) groups is 1. The van der Waals surface area contributed by atoms with Gasteiger partial charge in [0.1, 0.15) is 0 Å². The van der Waals surface area contributed by atoms with E-state index in [4.69, 9.17) is 0 Å². The SMILES string of the molecule is CN=C(NCCc1nc(C(F)(F)F)cs1)NCC(C)c1ccc(F)c(F)c1.I. The topological polar surface area (TPSA) is 49.3 Å². The van der Waals surface area contributed by atoms with E-state index in [2.05, 4.69) is 20.6 Å². The van der Waals surface area contributed by atoms with Crippen LogP contribution in [-0.4, -0.2) is 31.1 Å². The second kappa shape index (κ2) is 10.9. The number of halogens is 6. The molecule has 2 N–H and O–H groups in total. The smallest absolute Gasteiger partial charge is 0.356 e. The quantitative estimate of drug-likeness (QED) is 0.247. The van der Waals surface area contributed by atoms with Crippen molar-refractivity contribution in [1.82, 2.24) is 15.6 Å². The molecule has 0 fully saturated rings. The predicted molar refractivity (Wildman–Crippen MR) is 110 cm³/mol. The summed E-state index contributed by atoms with van der Waals surface area (Å²) >= 11 is 0.956. The van der Waals surface area contributed by atoms with Crippen molar-refractivity contribution in [3.8, 4) is 0 Å². The Morgan fingerprint density at radius 3 is 2.50 bits per heavy atom. The molecule has 1 unspecified atom stereocenters. The number of hydrogen-bond acceptors (Lipinski definition) is 3. The average molecular weight is 534 g/mol. The van der Waals surface area contributed by atoms with Crippen LogP contribution in [0.1, 0.15) is 29.1 Å². The summed E-state index contributed by atoms with van der Waals surface area (Å²) in [4.78, 5) is 7.58. The first-order chi connectivity index (χ1) is 12.7. The van der Waals surface area contributed by atoms with Crippen molar-refractivity contribution in [1.29, 1.82) is 0 Å². The number of nitrogens with zero attached hydrogens (tertiary/aromatic N) is 2. The maximum absolute atomic E-state index is 13.3. The number of guanidine groups is 1. The van der Waals surface area contributed by atoms with Gasteiger partial charge in [0, 0.05) is 31.9 Å². The van der Waals surface area contributed by atoms with Crippen LogP contribution in [0, 0.1) is 11.6 Å².